The Morgan fingerprint density at radius 2 is 2.00 bits per heavy atom. The molecule has 0 unspecified atom stereocenters. The summed E-state index contributed by atoms with van der Waals surface area (Å²) >= 11 is 0. The molecule has 0 aliphatic carbocycles. The molecule has 1 fully saturated rings. The second-order valence-corrected chi connectivity index (χ2v) is 6.73. The predicted octanol–water partition coefficient (Wildman–Crippen LogP) is 2.54. The number of amides is 1. The molecule has 1 aliphatic heterocycles. The lowest BCUT2D eigenvalue weighted by atomic mass is 10.0. The summed E-state index contributed by atoms with van der Waals surface area (Å²) in [5.74, 6) is -0.213. The van der Waals surface area contributed by atoms with Crippen molar-refractivity contribution in [3.05, 3.63) is 35.9 Å². The number of carbonyl (C=O) groups is 2. The van der Waals surface area contributed by atoms with E-state index in [2.05, 4.69) is 39.2 Å². The summed E-state index contributed by atoms with van der Waals surface area (Å²) < 4.78 is 4.59. The predicted molar refractivity (Wildman–Crippen MR) is 98.2 cm³/mol. The normalized spacial score (nSPS) is 17.9. The fourth-order valence-corrected chi connectivity index (χ4v) is 3.32. The number of esters is 1. The highest BCUT2D eigenvalue weighted by atomic mass is 16.5. The van der Waals surface area contributed by atoms with Crippen LogP contribution in [0.15, 0.2) is 30.3 Å². The van der Waals surface area contributed by atoms with Crippen molar-refractivity contribution in [1.82, 2.24) is 10.2 Å². The third kappa shape index (κ3) is 7.69. The minimum Gasteiger partial charge on any atom is -0.469 e. The van der Waals surface area contributed by atoms with Gasteiger partial charge in [0.05, 0.1) is 7.11 Å². The van der Waals surface area contributed by atoms with Crippen LogP contribution in [-0.4, -0.2) is 49.6 Å². The van der Waals surface area contributed by atoms with Gasteiger partial charge in [0.15, 0.2) is 0 Å². The second-order valence-electron chi connectivity index (χ2n) is 6.73. The van der Waals surface area contributed by atoms with Gasteiger partial charge in [-0.25, -0.2) is 0 Å². The summed E-state index contributed by atoms with van der Waals surface area (Å²) in [4.78, 5) is 25.5. The number of nitrogens with one attached hydrogen (secondary N) is 1. The molecular formula is C20H30N2O3. The van der Waals surface area contributed by atoms with Crippen molar-refractivity contribution in [3.8, 4) is 0 Å². The highest BCUT2D eigenvalue weighted by molar-refractivity contribution is 5.77. The molecule has 1 amide bonds. The molecule has 1 N–H and O–H groups in total. The Bertz CT molecular complexity index is 533. The average Bonchev–Trinajstić information content (AvgIpc) is 2.63. The maximum Gasteiger partial charge on any atom is 0.305 e. The van der Waals surface area contributed by atoms with Gasteiger partial charge in [0.1, 0.15) is 0 Å². The fourth-order valence-electron chi connectivity index (χ4n) is 3.32. The molecule has 0 aromatic heterocycles. The first kappa shape index (κ1) is 19.4. The Hall–Kier alpha value is -1.88. The van der Waals surface area contributed by atoms with Crippen molar-refractivity contribution in [3.63, 3.8) is 0 Å². The number of ether oxygens (including phenoxy) is 1. The Labute approximate surface area is 150 Å². The molecule has 0 spiro atoms. The molecule has 0 radical (unpaired) electrons. The molecule has 5 heteroatoms. The highest BCUT2D eigenvalue weighted by Crippen LogP contribution is 2.12. The van der Waals surface area contributed by atoms with Gasteiger partial charge in [0, 0.05) is 25.4 Å². The lowest BCUT2D eigenvalue weighted by Gasteiger charge is -2.33. The van der Waals surface area contributed by atoms with E-state index in [-0.39, 0.29) is 17.9 Å². The van der Waals surface area contributed by atoms with Crippen molar-refractivity contribution < 1.29 is 14.3 Å². The maximum atomic E-state index is 12.0. The van der Waals surface area contributed by atoms with Crippen molar-refractivity contribution >= 4 is 11.9 Å². The van der Waals surface area contributed by atoms with E-state index in [4.69, 9.17) is 0 Å². The SMILES string of the molecule is COC(=O)CCCC(=O)N[C@H]1CCCN(CCCc2ccccc2)C1. The third-order valence-corrected chi connectivity index (χ3v) is 4.67. The Kier molecular flexibility index (Phi) is 8.46. The van der Waals surface area contributed by atoms with Gasteiger partial charge in [-0.3, -0.25) is 9.59 Å². The van der Waals surface area contributed by atoms with Crippen molar-refractivity contribution in [2.45, 2.75) is 51.0 Å². The zero-order valence-electron chi connectivity index (χ0n) is 15.2. The third-order valence-electron chi connectivity index (χ3n) is 4.67. The van der Waals surface area contributed by atoms with Crippen LogP contribution in [0, 0.1) is 0 Å². The quantitative estimate of drug-likeness (QED) is 0.698. The number of methoxy groups -OCH3 is 1. The maximum absolute atomic E-state index is 12.0. The molecular weight excluding hydrogens is 316 g/mol. The summed E-state index contributed by atoms with van der Waals surface area (Å²) in [5.41, 5.74) is 1.38. The number of piperidine rings is 1. The summed E-state index contributed by atoms with van der Waals surface area (Å²) in [7, 11) is 1.37. The van der Waals surface area contributed by atoms with Gasteiger partial charge < -0.3 is 15.0 Å². The van der Waals surface area contributed by atoms with Crippen LogP contribution < -0.4 is 5.32 Å². The van der Waals surface area contributed by atoms with E-state index in [9.17, 15) is 9.59 Å². The topological polar surface area (TPSA) is 58.6 Å². The van der Waals surface area contributed by atoms with Crippen molar-refractivity contribution in [2.75, 3.05) is 26.7 Å². The van der Waals surface area contributed by atoms with Crippen LogP contribution in [-0.2, 0) is 20.7 Å². The number of rotatable bonds is 9. The van der Waals surface area contributed by atoms with Gasteiger partial charge in [0.25, 0.3) is 0 Å². The van der Waals surface area contributed by atoms with Crippen LogP contribution in [0.4, 0.5) is 0 Å². The van der Waals surface area contributed by atoms with Crippen LogP contribution in [0.25, 0.3) is 0 Å². The largest absolute Gasteiger partial charge is 0.469 e. The Morgan fingerprint density at radius 1 is 1.20 bits per heavy atom. The van der Waals surface area contributed by atoms with Crippen LogP contribution in [0.3, 0.4) is 0 Å². The smallest absolute Gasteiger partial charge is 0.305 e. The minimum atomic E-state index is -0.255. The number of aryl methyl sites for hydroxylation is 1. The summed E-state index contributed by atoms with van der Waals surface area (Å²) in [6.07, 6.45) is 5.65. The van der Waals surface area contributed by atoms with E-state index in [0.717, 1.165) is 45.3 Å². The molecule has 2 rings (SSSR count). The molecule has 1 aliphatic rings. The number of hydrogen-bond donors (Lipinski definition) is 1. The first-order valence-electron chi connectivity index (χ1n) is 9.30. The van der Waals surface area contributed by atoms with E-state index in [0.29, 0.717) is 19.3 Å². The van der Waals surface area contributed by atoms with Gasteiger partial charge in [0.2, 0.25) is 5.91 Å². The zero-order valence-corrected chi connectivity index (χ0v) is 15.2. The molecule has 25 heavy (non-hydrogen) atoms. The number of hydrogen-bond acceptors (Lipinski definition) is 4. The van der Waals surface area contributed by atoms with E-state index < -0.39 is 0 Å². The number of benzene rings is 1. The number of nitrogens with zero attached hydrogens (tertiary/aromatic N) is 1. The average molecular weight is 346 g/mol. The zero-order chi connectivity index (χ0) is 17.9. The van der Waals surface area contributed by atoms with Gasteiger partial charge >= 0.3 is 5.97 Å². The first-order chi connectivity index (χ1) is 12.2. The molecule has 5 nitrogen and oxygen atoms in total. The minimum absolute atomic E-state index is 0.0417. The van der Waals surface area contributed by atoms with Crippen LogP contribution in [0.5, 0.6) is 0 Å². The molecule has 1 aromatic carbocycles. The van der Waals surface area contributed by atoms with Gasteiger partial charge in [-0.2, -0.15) is 0 Å². The van der Waals surface area contributed by atoms with Crippen molar-refractivity contribution in [1.29, 1.82) is 0 Å². The lowest BCUT2D eigenvalue weighted by molar-refractivity contribution is -0.140. The fraction of sp³-hybridized carbons (Fsp3) is 0.600. The van der Waals surface area contributed by atoms with Crippen LogP contribution in [0.2, 0.25) is 0 Å². The molecule has 0 bridgehead atoms. The summed E-state index contributed by atoms with van der Waals surface area (Å²) in [6.45, 7) is 3.12. The second kappa shape index (κ2) is 10.9. The molecule has 1 atom stereocenters. The van der Waals surface area contributed by atoms with Crippen LogP contribution >= 0.6 is 0 Å². The van der Waals surface area contributed by atoms with Crippen LogP contribution in [0.1, 0.15) is 44.1 Å². The van der Waals surface area contributed by atoms with E-state index in [1.807, 2.05) is 6.07 Å². The number of likely N-dealkylation sites (tertiary alicyclic amines) is 1. The van der Waals surface area contributed by atoms with Gasteiger partial charge in [-0.15, -0.1) is 0 Å². The molecule has 0 saturated carbocycles. The van der Waals surface area contributed by atoms with Crippen molar-refractivity contribution in [2.24, 2.45) is 0 Å². The van der Waals surface area contributed by atoms with Gasteiger partial charge in [-0.1, -0.05) is 30.3 Å². The lowest BCUT2D eigenvalue weighted by Crippen LogP contribution is -2.47. The van der Waals surface area contributed by atoms with E-state index in [1.54, 1.807) is 0 Å². The van der Waals surface area contributed by atoms with Gasteiger partial charge in [-0.05, 0) is 50.8 Å². The van der Waals surface area contributed by atoms with E-state index >= 15 is 0 Å². The Balaban J connectivity index is 1.62. The first-order valence-corrected chi connectivity index (χ1v) is 9.30. The molecule has 1 aromatic rings. The summed E-state index contributed by atoms with van der Waals surface area (Å²) in [5, 5.41) is 3.12. The monoisotopic (exact) mass is 346 g/mol. The standard InChI is InChI=1S/C20H30N2O3/c1-25-20(24)13-5-12-19(23)21-18-11-7-15-22(16-18)14-6-10-17-8-3-2-4-9-17/h2-4,8-9,18H,5-7,10-16H2,1H3,(H,21,23)/t18-/m0/s1. The van der Waals surface area contributed by atoms with E-state index in [1.165, 1.54) is 12.7 Å². The summed E-state index contributed by atoms with van der Waals surface area (Å²) in [6, 6.07) is 10.8. The molecule has 138 valence electrons. The Morgan fingerprint density at radius 3 is 2.76 bits per heavy atom. The number of carbonyl (C=O) groups excluding carboxylic acids is 2. The molecule has 1 heterocycles. The molecule has 1 saturated heterocycles. The highest BCUT2D eigenvalue weighted by Gasteiger charge is 2.21.